The molecule has 9 heteroatoms. The number of thioether (sulfide) groups is 1. The summed E-state index contributed by atoms with van der Waals surface area (Å²) >= 11 is 1.45. The van der Waals surface area contributed by atoms with Gasteiger partial charge >= 0.3 is 0 Å². The highest BCUT2D eigenvalue weighted by molar-refractivity contribution is 7.98. The highest BCUT2D eigenvalue weighted by Gasteiger charge is 2.13. The fraction of sp³-hybridized carbons (Fsp3) is 0.0714. The number of rotatable bonds is 4. The van der Waals surface area contributed by atoms with Crippen LogP contribution in [-0.2, 0) is 5.75 Å². The van der Waals surface area contributed by atoms with Crippen molar-refractivity contribution in [2.45, 2.75) is 10.8 Å². The SMILES string of the molecule is Oc1ccccc1-c1nc(CSc2ncnc3nc[nH]c23)no1. The number of aromatic nitrogens is 6. The van der Waals surface area contributed by atoms with Gasteiger partial charge in [-0.3, -0.25) is 0 Å². The Morgan fingerprint density at radius 3 is 3.00 bits per heavy atom. The molecule has 23 heavy (non-hydrogen) atoms. The van der Waals surface area contributed by atoms with E-state index in [1.807, 2.05) is 0 Å². The van der Waals surface area contributed by atoms with Gasteiger partial charge in [0, 0.05) is 0 Å². The van der Waals surface area contributed by atoms with Crippen LogP contribution in [0.2, 0.25) is 0 Å². The molecule has 0 amide bonds. The quantitative estimate of drug-likeness (QED) is 0.434. The first-order valence-corrected chi connectivity index (χ1v) is 7.67. The monoisotopic (exact) mass is 326 g/mol. The molecule has 0 saturated heterocycles. The molecule has 114 valence electrons. The number of phenolic OH excluding ortho intramolecular Hbond substituents is 1. The molecule has 3 aromatic heterocycles. The van der Waals surface area contributed by atoms with E-state index in [-0.39, 0.29) is 11.6 Å². The first kappa shape index (κ1) is 13.7. The number of hydrogen-bond donors (Lipinski definition) is 2. The predicted octanol–water partition coefficient (Wildman–Crippen LogP) is 2.40. The lowest BCUT2D eigenvalue weighted by Crippen LogP contribution is -1.89. The molecule has 1 aromatic carbocycles. The number of para-hydroxylation sites is 1. The number of H-pyrrole nitrogens is 1. The molecule has 3 heterocycles. The van der Waals surface area contributed by atoms with Gasteiger partial charge in [0.05, 0.1) is 17.6 Å². The lowest BCUT2D eigenvalue weighted by molar-refractivity contribution is 0.419. The van der Waals surface area contributed by atoms with E-state index >= 15 is 0 Å². The Bertz CT molecular complexity index is 966. The molecular formula is C14H10N6O2S. The smallest absolute Gasteiger partial charge is 0.261 e. The third-order valence-electron chi connectivity index (χ3n) is 3.13. The minimum Gasteiger partial charge on any atom is -0.507 e. The standard InChI is InChI=1S/C14H10N6O2S/c21-9-4-2-1-3-8(9)13-19-10(20-22-13)5-23-14-11-12(16-6-15-11)17-7-18-14/h1-4,6-7,21H,5H2,(H,15,16,17,18). The van der Waals surface area contributed by atoms with Crippen molar-refractivity contribution in [3.63, 3.8) is 0 Å². The molecule has 0 spiro atoms. The average molecular weight is 326 g/mol. The first-order chi connectivity index (χ1) is 11.3. The maximum atomic E-state index is 9.81. The zero-order valence-corrected chi connectivity index (χ0v) is 12.5. The molecule has 0 saturated carbocycles. The van der Waals surface area contributed by atoms with E-state index < -0.39 is 0 Å². The number of imidazole rings is 1. The predicted molar refractivity (Wildman–Crippen MR) is 82.6 cm³/mol. The van der Waals surface area contributed by atoms with E-state index in [0.717, 1.165) is 10.5 Å². The summed E-state index contributed by atoms with van der Waals surface area (Å²) in [5.41, 5.74) is 1.90. The van der Waals surface area contributed by atoms with Crippen molar-refractivity contribution in [2.75, 3.05) is 0 Å². The van der Waals surface area contributed by atoms with Gasteiger partial charge in [-0.15, -0.1) is 0 Å². The number of hydrogen-bond acceptors (Lipinski definition) is 8. The van der Waals surface area contributed by atoms with Crippen molar-refractivity contribution in [3.05, 3.63) is 42.7 Å². The van der Waals surface area contributed by atoms with Crippen LogP contribution in [0.3, 0.4) is 0 Å². The zero-order chi connectivity index (χ0) is 15.6. The molecule has 0 atom stereocenters. The van der Waals surface area contributed by atoms with Crippen molar-refractivity contribution in [1.29, 1.82) is 0 Å². The zero-order valence-electron chi connectivity index (χ0n) is 11.7. The Balaban J connectivity index is 1.54. The Hall–Kier alpha value is -2.94. The summed E-state index contributed by atoms with van der Waals surface area (Å²) in [5.74, 6) is 1.38. The van der Waals surface area contributed by atoms with E-state index in [1.54, 1.807) is 30.6 Å². The molecule has 2 N–H and O–H groups in total. The summed E-state index contributed by atoms with van der Waals surface area (Å²) in [7, 11) is 0. The molecular weight excluding hydrogens is 316 g/mol. The summed E-state index contributed by atoms with van der Waals surface area (Å²) in [5, 5.41) is 14.5. The molecule has 0 aliphatic heterocycles. The van der Waals surface area contributed by atoms with Gasteiger partial charge in [-0.1, -0.05) is 29.1 Å². The lowest BCUT2D eigenvalue weighted by atomic mass is 10.2. The van der Waals surface area contributed by atoms with Crippen molar-refractivity contribution in [1.82, 2.24) is 30.1 Å². The minimum atomic E-state index is 0.102. The number of aromatic hydroxyl groups is 1. The fourth-order valence-corrected chi connectivity index (χ4v) is 2.86. The van der Waals surface area contributed by atoms with Gasteiger partial charge in [0.25, 0.3) is 5.89 Å². The summed E-state index contributed by atoms with van der Waals surface area (Å²) in [6.07, 6.45) is 3.04. The summed E-state index contributed by atoms with van der Waals surface area (Å²) in [6.45, 7) is 0. The Labute approximate surface area is 134 Å². The molecule has 4 rings (SSSR count). The summed E-state index contributed by atoms with van der Waals surface area (Å²) in [6, 6.07) is 6.82. The third kappa shape index (κ3) is 2.61. The van der Waals surface area contributed by atoms with Gasteiger partial charge in [0.15, 0.2) is 11.5 Å². The van der Waals surface area contributed by atoms with Gasteiger partial charge in [-0.2, -0.15) is 4.98 Å². The van der Waals surface area contributed by atoms with Crippen LogP contribution in [-0.4, -0.2) is 35.2 Å². The van der Waals surface area contributed by atoms with E-state index in [9.17, 15) is 5.11 Å². The van der Waals surface area contributed by atoms with E-state index in [1.165, 1.54) is 18.1 Å². The number of benzene rings is 1. The second-order valence-electron chi connectivity index (χ2n) is 4.60. The Kier molecular flexibility index (Phi) is 3.39. The number of fused-ring (bicyclic) bond motifs is 1. The molecule has 0 bridgehead atoms. The summed E-state index contributed by atoms with van der Waals surface area (Å²) < 4.78 is 5.21. The fourth-order valence-electron chi connectivity index (χ4n) is 2.06. The highest BCUT2D eigenvalue weighted by atomic mass is 32.2. The van der Waals surface area contributed by atoms with Crippen LogP contribution in [0.4, 0.5) is 0 Å². The van der Waals surface area contributed by atoms with E-state index in [2.05, 4.69) is 30.1 Å². The van der Waals surface area contributed by atoms with Crippen LogP contribution >= 0.6 is 11.8 Å². The van der Waals surface area contributed by atoms with Gasteiger partial charge in [-0.05, 0) is 12.1 Å². The van der Waals surface area contributed by atoms with Crippen molar-refractivity contribution in [2.24, 2.45) is 0 Å². The van der Waals surface area contributed by atoms with Gasteiger partial charge in [0.1, 0.15) is 22.6 Å². The maximum Gasteiger partial charge on any atom is 0.261 e. The number of nitrogens with zero attached hydrogens (tertiary/aromatic N) is 5. The van der Waals surface area contributed by atoms with E-state index in [0.29, 0.717) is 22.8 Å². The summed E-state index contributed by atoms with van der Waals surface area (Å²) in [4.78, 5) is 19.7. The molecule has 0 unspecified atom stereocenters. The van der Waals surface area contributed by atoms with Gasteiger partial charge in [0.2, 0.25) is 0 Å². The van der Waals surface area contributed by atoms with Crippen LogP contribution in [0.1, 0.15) is 5.82 Å². The Morgan fingerprint density at radius 2 is 2.09 bits per heavy atom. The average Bonchev–Trinajstić information content (AvgIpc) is 3.22. The highest BCUT2D eigenvalue weighted by Crippen LogP contribution is 2.29. The number of nitrogens with one attached hydrogen (secondary N) is 1. The second-order valence-corrected chi connectivity index (χ2v) is 5.57. The molecule has 0 fully saturated rings. The van der Waals surface area contributed by atoms with Crippen LogP contribution in [0.5, 0.6) is 5.75 Å². The molecule has 0 radical (unpaired) electrons. The number of phenols is 1. The van der Waals surface area contributed by atoms with Crippen molar-refractivity contribution in [3.8, 4) is 17.2 Å². The van der Waals surface area contributed by atoms with Crippen molar-refractivity contribution < 1.29 is 9.63 Å². The van der Waals surface area contributed by atoms with Gasteiger partial charge < -0.3 is 14.6 Å². The lowest BCUT2D eigenvalue weighted by Gasteiger charge is -1.98. The van der Waals surface area contributed by atoms with Gasteiger partial charge in [-0.25, -0.2) is 15.0 Å². The largest absolute Gasteiger partial charge is 0.507 e. The van der Waals surface area contributed by atoms with Crippen molar-refractivity contribution >= 4 is 22.9 Å². The minimum absolute atomic E-state index is 0.102. The van der Waals surface area contributed by atoms with Crippen LogP contribution in [0.15, 0.2) is 46.5 Å². The van der Waals surface area contributed by atoms with Crippen LogP contribution < -0.4 is 0 Å². The third-order valence-corrected chi connectivity index (χ3v) is 4.11. The molecule has 4 aromatic rings. The maximum absolute atomic E-state index is 9.81. The first-order valence-electron chi connectivity index (χ1n) is 6.69. The molecule has 0 aliphatic carbocycles. The number of aromatic amines is 1. The van der Waals surface area contributed by atoms with E-state index in [4.69, 9.17) is 4.52 Å². The normalized spacial score (nSPS) is 11.1. The Morgan fingerprint density at radius 1 is 1.17 bits per heavy atom. The van der Waals surface area contributed by atoms with Crippen LogP contribution in [0.25, 0.3) is 22.6 Å². The van der Waals surface area contributed by atoms with Crippen LogP contribution in [0, 0.1) is 0 Å². The topological polar surface area (TPSA) is 114 Å². The molecule has 0 aliphatic rings. The molecule has 8 nitrogen and oxygen atoms in total. The second kappa shape index (κ2) is 5.69.